The van der Waals surface area contributed by atoms with Gasteiger partial charge in [-0.3, -0.25) is 0 Å². The highest BCUT2D eigenvalue weighted by atomic mass is 79.9. The highest BCUT2D eigenvalue weighted by molar-refractivity contribution is 9.10. The van der Waals surface area contributed by atoms with Gasteiger partial charge in [0, 0.05) is 4.47 Å². The van der Waals surface area contributed by atoms with Crippen molar-refractivity contribution in [2.24, 2.45) is 0 Å². The Morgan fingerprint density at radius 2 is 1.94 bits per heavy atom. The summed E-state index contributed by atoms with van der Waals surface area (Å²) in [5, 5.41) is 0. The molecule has 1 aliphatic carbocycles. The lowest BCUT2D eigenvalue weighted by Gasteiger charge is -2.41. The van der Waals surface area contributed by atoms with Gasteiger partial charge in [0.15, 0.2) is 0 Å². The lowest BCUT2D eigenvalue weighted by atomic mass is 9.91. The lowest BCUT2D eigenvalue weighted by molar-refractivity contribution is 0.636. The van der Waals surface area contributed by atoms with Crippen LogP contribution in [-0.4, -0.2) is 11.5 Å². The lowest BCUT2D eigenvalue weighted by Crippen LogP contribution is -2.27. The fourth-order valence-corrected chi connectivity index (χ4v) is 6.52. The van der Waals surface area contributed by atoms with Crippen molar-refractivity contribution in [1.82, 2.24) is 0 Å². The summed E-state index contributed by atoms with van der Waals surface area (Å²) in [6, 6.07) is 6.87. The average Bonchev–Trinajstić information content (AvgIpc) is 2.32. The number of rotatable bonds is 0. The molecule has 1 spiro atoms. The fourth-order valence-electron chi connectivity index (χ4n) is 2.64. The Morgan fingerprint density at radius 3 is 2.75 bits per heavy atom. The van der Waals surface area contributed by atoms with Gasteiger partial charge in [0.25, 0.3) is 0 Å². The van der Waals surface area contributed by atoms with Crippen LogP contribution in [0.4, 0.5) is 0 Å². The molecule has 1 aromatic rings. The van der Waals surface area contributed by atoms with Gasteiger partial charge in [-0.05, 0) is 60.4 Å². The molecular formula is C13H15BrS2. The Labute approximate surface area is 114 Å². The molecule has 0 N–H and O–H groups in total. The Morgan fingerprint density at radius 1 is 1.12 bits per heavy atom. The number of hydrogen-bond donors (Lipinski definition) is 0. The molecule has 0 aromatic heterocycles. The number of fused-ring (bicyclic) bond motifs is 2. The topological polar surface area (TPSA) is 0 Å². The zero-order valence-corrected chi connectivity index (χ0v) is 12.4. The van der Waals surface area contributed by atoms with E-state index in [4.69, 9.17) is 0 Å². The second kappa shape index (κ2) is 4.58. The van der Waals surface area contributed by atoms with E-state index in [1.165, 1.54) is 41.7 Å². The normalized spacial score (nSPS) is 23.1. The summed E-state index contributed by atoms with van der Waals surface area (Å²) in [4.78, 5) is 0. The molecular weight excluding hydrogens is 300 g/mol. The molecule has 1 saturated heterocycles. The van der Waals surface area contributed by atoms with E-state index in [9.17, 15) is 0 Å². The first-order valence-corrected chi connectivity index (χ1v) is 8.63. The van der Waals surface area contributed by atoms with Crippen molar-refractivity contribution in [1.29, 1.82) is 0 Å². The third-order valence-electron chi connectivity index (χ3n) is 3.39. The van der Waals surface area contributed by atoms with Gasteiger partial charge in [-0.15, -0.1) is 23.5 Å². The van der Waals surface area contributed by atoms with Gasteiger partial charge in [-0.2, -0.15) is 0 Å². The Balaban J connectivity index is 2.06. The van der Waals surface area contributed by atoms with E-state index in [0.29, 0.717) is 4.08 Å². The Bertz CT molecular complexity index is 397. The van der Waals surface area contributed by atoms with Crippen LogP contribution in [0.5, 0.6) is 0 Å². The summed E-state index contributed by atoms with van der Waals surface area (Å²) < 4.78 is 1.62. The zero-order valence-electron chi connectivity index (χ0n) is 9.17. The van der Waals surface area contributed by atoms with Gasteiger partial charge in [0.1, 0.15) is 0 Å². The summed E-state index contributed by atoms with van der Waals surface area (Å²) in [5.41, 5.74) is 3.18. The summed E-state index contributed by atoms with van der Waals surface area (Å²) in [6.45, 7) is 0. The monoisotopic (exact) mass is 314 g/mol. The smallest absolute Gasteiger partial charge is 0.0863 e. The van der Waals surface area contributed by atoms with Crippen molar-refractivity contribution in [2.75, 3.05) is 11.5 Å². The van der Waals surface area contributed by atoms with E-state index in [0.717, 1.165) is 0 Å². The number of hydrogen-bond acceptors (Lipinski definition) is 2. The molecule has 0 bridgehead atoms. The highest BCUT2D eigenvalue weighted by Gasteiger charge is 2.39. The van der Waals surface area contributed by atoms with Gasteiger partial charge in [-0.1, -0.05) is 22.0 Å². The molecule has 0 atom stereocenters. The van der Waals surface area contributed by atoms with Crippen molar-refractivity contribution in [3.8, 4) is 0 Å². The fraction of sp³-hybridized carbons (Fsp3) is 0.538. The molecule has 0 radical (unpaired) electrons. The second-order valence-electron chi connectivity index (χ2n) is 4.46. The first kappa shape index (κ1) is 11.5. The van der Waals surface area contributed by atoms with Crippen LogP contribution < -0.4 is 0 Å². The predicted octanol–water partition coefficient (Wildman–Crippen LogP) is 4.81. The molecule has 1 aliphatic heterocycles. The summed E-state index contributed by atoms with van der Waals surface area (Å²) in [6.07, 6.45) is 5.35. The van der Waals surface area contributed by atoms with Crippen LogP contribution in [0.2, 0.25) is 0 Å². The minimum absolute atomic E-state index is 0.385. The number of thioether (sulfide) groups is 2. The largest absolute Gasteiger partial charge is 0.139 e. The molecule has 3 heteroatoms. The maximum atomic E-state index is 3.62. The first-order chi connectivity index (χ1) is 7.80. The molecule has 2 aliphatic rings. The molecule has 0 saturated carbocycles. The standard InChI is InChI=1S/C13H15BrS2/c14-11-5-4-10-3-1-6-13(12(10)9-11)15-7-2-8-16-13/h4-5,9H,1-3,6-8H2. The SMILES string of the molecule is Brc1ccc2c(c1)C1(CCC2)SCCCS1. The van der Waals surface area contributed by atoms with E-state index < -0.39 is 0 Å². The van der Waals surface area contributed by atoms with Gasteiger partial charge >= 0.3 is 0 Å². The van der Waals surface area contributed by atoms with Crippen molar-refractivity contribution < 1.29 is 0 Å². The minimum Gasteiger partial charge on any atom is -0.139 e. The molecule has 1 fully saturated rings. The molecule has 0 amide bonds. The van der Waals surface area contributed by atoms with Gasteiger partial charge in [0.05, 0.1) is 4.08 Å². The van der Waals surface area contributed by atoms with Crippen LogP contribution in [0.3, 0.4) is 0 Å². The summed E-state index contributed by atoms with van der Waals surface area (Å²) >= 11 is 7.98. The van der Waals surface area contributed by atoms with E-state index in [-0.39, 0.29) is 0 Å². The van der Waals surface area contributed by atoms with Crippen LogP contribution in [0, 0.1) is 0 Å². The summed E-state index contributed by atoms with van der Waals surface area (Å²) in [5.74, 6) is 2.66. The highest BCUT2D eigenvalue weighted by Crippen LogP contribution is 2.56. The van der Waals surface area contributed by atoms with Crippen LogP contribution in [0.15, 0.2) is 22.7 Å². The molecule has 16 heavy (non-hydrogen) atoms. The third kappa shape index (κ3) is 1.95. The van der Waals surface area contributed by atoms with E-state index in [1.807, 2.05) is 0 Å². The van der Waals surface area contributed by atoms with Crippen LogP contribution in [-0.2, 0) is 10.5 Å². The maximum absolute atomic E-state index is 3.62. The quantitative estimate of drug-likeness (QED) is 0.674. The molecule has 86 valence electrons. The minimum atomic E-state index is 0.385. The van der Waals surface area contributed by atoms with E-state index in [2.05, 4.69) is 57.7 Å². The average molecular weight is 315 g/mol. The van der Waals surface area contributed by atoms with Crippen molar-refractivity contribution >= 4 is 39.5 Å². The number of benzene rings is 1. The third-order valence-corrected chi connectivity index (χ3v) is 7.36. The first-order valence-electron chi connectivity index (χ1n) is 5.87. The predicted molar refractivity (Wildman–Crippen MR) is 78.3 cm³/mol. The summed E-state index contributed by atoms with van der Waals surface area (Å²) in [7, 11) is 0. The Kier molecular flexibility index (Phi) is 3.29. The molecule has 3 rings (SSSR count). The van der Waals surface area contributed by atoms with Crippen molar-refractivity contribution in [3.05, 3.63) is 33.8 Å². The maximum Gasteiger partial charge on any atom is 0.0863 e. The molecule has 1 heterocycles. The van der Waals surface area contributed by atoms with Crippen molar-refractivity contribution in [3.63, 3.8) is 0 Å². The molecule has 0 nitrogen and oxygen atoms in total. The van der Waals surface area contributed by atoms with Gasteiger partial charge < -0.3 is 0 Å². The zero-order chi connectivity index (χ0) is 11.0. The number of halogens is 1. The van der Waals surface area contributed by atoms with Gasteiger partial charge in [-0.25, -0.2) is 0 Å². The molecule has 1 aromatic carbocycles. The van der Waals surface area contributed by atoms with Gasteiger partial charge in [0.2, 0.25) is 0 Å². The Hall–Kier alpha value is 0.400. The second-order valence-corrected chi connectivity index (χ2v) is 8.42. The van der Waals surface area contributed by atoms with E-state index in [1.54, 1.807) is 11.1 Å². The van der Waals surface area contributed by atoms with E-state index >= 15 is 0 Å². The van der Waals surface area contributed by atoms with Crippen LogP contribution >= 0.6 is 39.5 Å². The number of aryl methyl sites for hydroxylation is 1. The molecule has 0 unspecified atom stereocenters. The van der Waals surface area contributed by atoms with Crippen molar-refractivity contribution in [2.45, 2.75) is 29.8 Å². The van der Waals surface area contributed by atoms with Crippen LogP contribution in [0.1, 0.15) is 30.4 Å². The van der Waals surface area contributed by atoms with Crippen LogP contribution in [0.25, 0.3) is 0 Å².